The van der Waals surface area contributed by atoms with E-state index in [2.05, 4.69) is 5.32 Å². The summed E-state index contributed by atoms with van der Waals surface area (Å²) in [7, 11) is 0. The minimum atomic E-state index is -0.915. The highest BCUT2D eigenvalue weighted by Gasteiger charge is 2.36. The Morgan fingerprint density at radius 2 is 1.56 bits per heavy atom. The number of carbonyl (C=O) groups is 2. The van der Waals surface area contributed by atoms with Gasteiger partial charge in [-0.15, -0.1) is 0 Å². The summed E-state index contributed by atoms with van der Waals surface area (Å²) < 4.78 is 5.31. The second-order valence-corrected chi connectivity index (χ2v) is 6.36. The summed E-state index contributed by atoms with van der Waals surface area (Å²) in [5, 5.41) is 12.1. The fourth-order valence-electron chi connectivity index (χ4n) is 3.16. The van der Waals surface area contributed by atoms with Crippen molar-refractivity contribution in [3.63, 3.8) is 0 Å². The number of carboxylic acid groups (broad SMARTS) is 1. The molecule has 0 aromatic heterocycles. The van der Waals surface area contributed by atoms with Gasteiger partial charge in [0.2, 0.25) is 0 Å². The lowest BCUT2D eigenvalue weighted by Crippen LogP contribution is -2.53. The van der Waals surface area contributed by atoms with Crippen molar-refractivity contribution in [3.05, 3.63) is 60.2 Å². The lowest BCUT2D eigenvalue weighted by Gasteiger charge is -2.36. The lowest BCUT2D eigenvalue weighted by atomic mass is 9.86. The molecule has 2 aromatic carbocycles. The molecule has 0 atom stereocenters. The Morgan fingerprint density at radius 3 is 2.16 bits per heavy atom. The first-order chi connectivity index (χ1) is 12.1. The van der Waals surface area contributed by atoms with Gasteiger partial charge in [0.15, 0.2) is 0 Å². The first-order valence-corrected chi connectivity index (χ1v) is 8.36. The van der Waals surface area contributed by atoms with Gasteiger partial charge in [-0.25, -0.2) is 0 Å². The Balaban J connectivity index is 1.74. The Labute approximate surface area is 146 Å². The number of carbonyl (C=O) groups excluding carboxylic acids is 1. The van der Waals surface area contributed by atoms with E-state index in [0.29, 0.717) is 31.6 Å². The predicted molar refractivity (Wildman–Crippen MR) is 94.4 cm³/mol. The molecule has 2 N–H and O–H groups in total. The molecule has 0 saturated carbocycles. The number of benzene rings is 2. The third-order valence-corrected chi connectivity index (χ3v) is 4.57. The van der Waals surface area contributed by atoms with E-state index >= 15 is 0 Å². The minimum Gasteiger partial charge on any atom is -0.481 e. The number of amides is 1. The van der Waals surface area contributed by atoms with Gasteiger partial charge in [0.1, 0.15) is 0 Å². The number of hydrogen-bond acceptors (Lipinski definition) is 3. The van der Waals surface area contributed by atoms with Crippen LogP contribution in [0.5, 0.6) is 0 Å². The lowest BCUT2D eigenvalue weighted by molar-refractivity contribution is -0.139. The molecule has 1 saturated heterocycles. The molecule has 1 fully saturated rings. The SMILES string of the molecule is O=C(O)CC1(NC(=O)c2ccc(-c3ccccc3)cc2)CCOCC1. The maximum atomic E-state index is 12.6. The molecule has 0 aliphatic carbocycles. The predicted octanol–water partition coefficient (Wildman–Crippen LogP) is 3.11. The van der Waals surface area contributed by atoms with Gasteiger partial charge in [-0.05, 0) is 36.1 Å². The number of nitrogens with one attached hydrogen (secondary N) is 1. The number of rotatable bonds is 5. The van der Waals surface area contributed by atoms with E-state index in [-0.39, 0.29) is 12.3 Å². The van der Waals surface area contributed by atoms with Crippen LogP contribution in [0.25, 0.3) is 11.1 Å². The number of aliphatic carboxylic acids is 1. The van der Waals surface area contributed by atoms with Crippen LogP contribution in [-0.4, -0.2) is 35.7 Å². The van der Waals surface area contributed by atoms with Crippen molar-refractivity contribution in [1.29, 1.82) is 0 Å². The fraction of sp³-hybridized carbons (Fsp3) is 0.300. The Hall–Kier alpha value is -2.66. The first kappa shape index (κ1) is 17.2. The molecule has 130 valence electrons. The van der Waals surface area contributed by atoms with Crippen LogP contribution in [-0.2, 0) is 9.53 Å². The Bertz CT molecular complexity index is 734. The number of ether oxygens (including phenoxy) is 1. The molecule has 2 aromatic rings. The zero-order valence-electron chi connectivity index (χ0n) is 13.9. The van der Waals surface area contributed by atoms with Gasteiger partial charge in [0.05, 0.1) is 12.0 Å². The summed E-state index contributed by atoms with van der Waals surface area (Å²) in [6, 6.07) is 17.3. The van der Waals surface area contributed by atoms with Gasteiger partial charge in [-0.3, -0.25) is 9.59 Å². The molecule has 5 nitrogen and oxygen atoms in total. The second kappa shape index (κ2) is 7.49. The van der Waals surface area contributed by atoms with Crippen LogP contribution in [0.15, 0.2) is 54.6 Å². The van der Waals surface area contributed by atoms with Gasteiger partial charge >= 0.3 is 5.97 Å². The van der Waals surface area contributed by atoms with Crippen molar-refractivity contribution in [3.8, 4) is 11.1 Å². The summed E-state index contributed by atoms with van der Waals surface area (Å²) in [5.74, 6) is -1.16. The van der Waals surface area contributed by atoms with Crippen molar-refractivity contribution in [1.82, 2.24) is 5.32 Å². The molecule has 1 aliphatic heterocycles. The normalized spacial score (nSPS) is 16.2. The fourth-order valence-corrected chi connectivity index (χ4v) is 3.16. The Morgan fingerprint density at radius 1 is 0.960 bits per heavy atom. The first-order valence-electron chi connectivity index (χ1n) is 8.36. The minimum absolute atomic E-state index is 0.0931. The molecule has 0 radical (unpaired) electrons. The van der Waals surface area contributed by atoms with E-state index in [1.54, 1.807) is 12.1 Å². The highest BCUT2D eigenvalue weighted by molar-refractivity contribution is 5.95. The highest BCUT2D eigenvalue weighted by atomic mass is 16.5. The molecule has 1 amide bonds. The molecule has 3 rings (SSSR count). The van der Waals surface area contributed by atoms with E-state index in [1.807, 2.05) is 42.5 Å². The van der Waals surface area contributed by atoms with Crippen LogP contribution in [0.2, 0.25) is 0 Å². The highest BCUT2D eigenvalue weighted by Crippen LogP contribution is 2.26. The molecule has 1 heterocycles. The largest absolute Gasteiger partial charge is 0.481 e. The van der Waals surface area contributed by atoms with Crippen molar-refractivity contribution in [2.24, 2.45) is 0 Å². The molecule has 25 heavy (non-hydrogen) atoms. The van der Waals surface area contributed by atoms with Crippen LogP contribution in [0.3, 0.4) is 0 Å². The monoisotopic (exact) mass is 339 g/mol. The molecule has 0 bridgehead atoms. The van der Waals surface area contributed by atoms with Gasteiger partial charge in [-0.2, -0.15) is 0 Å². The van der Waals surface area contributed by atoms with Gasteiger partial charge < -0.3 is 15.2 Å². The standard InChI is InChI=1S/C20H21NO4/c22-18(23)14-20(10-12-25-13-11-20)21-19(24)17-8-6-16(7-9-17)15-4-2-1-3-5-15/h1-9H,10-14H2,(H,21,24)(H,22,23). The molecule has 0 spiro atoms. The summed E-state index contributed by atoms with van der Waals surface area (Å²) in [6.07, 6.45) is 0.921. The molecule has 0 unspecified atom stereocenters. The van der Waals surface area contributed by atoms with Gasteiger partial charge in [-0.1, -0.05) is 42.5 Å². The van der Waals surface area contributed by atoms with Gasteiger partial charge in [0, 0.05) is 18.8 Å². The Kier molecular flexibility index (Phi) is 5.14. The van der Waals surface area contributed by atoms with E-state index < -0.39 is 11.5 Å². The summed E-state index contributed by atoms with van der Waals surface area (Å²) in [6.45, 7) is 0.918. The van der Waals surface area contributed by atoms with E-state index in [0.717, 1.165) is 11.1 Å². The van der Waals surface area contributed by atoms with E-state index in [1.165, 1.54) is 0 Å². The third-order valence-electron chi connectivity index (χ3n) is 4.57. The van der Waals surface area contributed by atoms with Crippen LogP contribution in [0, 0.1) is 0 Å². The second-order valence-electron chi connectivity index (χ2n) is 6.36. The van der Waals surface area contributed by atoms with Crippen molar-refractivity contribution in [2.75, 3.05) is 13.2 Å². The maximum absolute atomic E-state index is 12.6. The van der Waals surface area contributed by atoms with Crippen LogP contribution >= 0.6 is 0 Å². The average Bonchev–Trinajstić information content (AvgIpc) is 2.62. The van der Waals surface area contributed by atoms with Gasteiger partial charge in [0.25, 0.3) is 5.91 Å². The zero-order valence-corrected chi connectivity index (χ0v) is 13.9. The molecular weight excluding hydrogens is 318 g/mol. The van der Waals surface area contributed by atoms with Crippen LogP contribution in [0.4, 0.5) is 0 Å². The van der Waals surface area contributed by atoms with Crippen LogP contribution < -0.4 is 5.32 Å². The summed E-state index contributed by atoms with van der Waals surface area (Å²) in [5.41, 5.74) is 1.90. The third kappa shape index (κ3) is 4.25. The molecular formula is C20H21NO4. The zero-order chi connectivity index (χ0) is 17.7. The van der Waals surface area contributed by atoms with Crippen molar-refractivity contribution < 1.29 is 19.4 Å². The quantitative estimate of drug-likeness (QED) is 0.878. The molecule has 5 heteroatoms. The summed E-state index contributed by atoms with van der Waals surface area (Å²) in [4.78, 5) is 23.8. The number of carboxylic acids is 1. The maximum Gasteiger partial charge on any atom is 0.305 e. The smallest absolute Gasteiger partial charge is 0.305 e. The summed E-state index contributed by atoms with van der Waals surface area (Å²) >= 11 is 0. The van der Waals surface area contributed by atoms with E-state index in [9.17, 15) is 14.7 Å². The molecule has 1 aliphatic rings. The topological polar surface area (TPSA) is 75.6 Å². The average molecular weight is 339 g/mol. The number of hydrogen-bond donors (Lipinski definition) is 2. The van der Waals surface area contributed by atoms with Crippen molar-refractivity contribution in [2.45, 2.75) is 24.8 Å². The van der Waals surface area contributed by atoms with E-state index in [4.69, 9.17) is 4.74 Å². The van der Waals surface area contributed by atoms with Crippen molar-refractivity contribution >= 4 is 11.9 Å². The van der Waals surface area contributed by atoms with Crippen LogP contribution in [0.1, 0.15) is 29.6 Å².